The normalized spacial score (nSPS) is 23.8. The van der Waals surface area contributed by atoms with Gasteiger partial charge in [0.25, 0.3) is 0 Å². The molecule has 1 aliphatic rings. The molecular weight excluding hydrogens is 509 g/mol. The Balaban J connectivity index is 2.17. The van der Waals surface area contributed by atoms with Crippen molar-refractivity contribution in [3.05, 3.63) is 69.7 Å². The van der Waals surface area contributed by atoms with Crippen molar-refractivity contribution < 1.29 is 23.1 Å². The molecule has 35 heavy (non-hydrogen) atoms. The number of likely N-dealkylation sites (tertiary alicyclic amines) is 1. The number of nitrogens with zero attached hydrogens (tertiary/aromatic N) is 1. The van der Waals surface area contributed by atoms with Crippen molar-refractivity contribution in [2.45, 2.75) is 58.0 Å². The smallest absolute Gasteiger partial charge is 0.304 e. The summed E-state index contributed by atoms with van der Waals surface area (Å²) in [7, 11) is -3.24. The van der Waals surface area contributed by atoms with Crippen LogP contribution in [-0.2, 0) is 19.4 Å². The monoisotopic (exact) mass is 539 g/mol. The fraction of sp³-hybridized carbons (Fsp3) is 0.462. The van der Waals surface area contributed by atoms with Gasteiger partial charge < -0.3 is 10.0 Å². The summed E-state index contributed by atoms with van der Waals surface area (Å²) in [5, 5.41) is 10.7. The van der Waals surface area contributed by atoms with E-state index in [0.29, 0.717) is 16.5 Å². The highest BCUT2D eigenvalue weighted by atomic mass is 35.5. The van der Waals surface area contributed by atoms with Crippen LogP contribution in [-0.4, -0.2) is 47.8 Å². The van der Waals surface area contributed by atoms with Crippen LogP contribution >= 0.6 is 23.2 Å². The van der Waals surface area contributed by atoms with Crippen molar-refractivity contribution in [3.63, 3.8) is 0 Å². The van der Waals surface area contributed by atoms with E-state index in [0.717, 1.165) is 11.1 Å². The fourth-order valence-electron chi connectivity index (χ4n) is 5.00. The fourth-order valence-corrected chi connectivity index (χ4v) is 6.31. The number of aliphatic carboxylic acids is 1. The maximum atomic E-state index is 14.0. The first kappa shape index (κ1) is 27.5. The second kappa shape index (κ2) is 10.9. The molecule has 1 aliphatic heterocycles. The Hall–Kier alpha value is -2.09. The van der Waals surface area contributed by atoms with Crippen LogP contribution in [0.15, 0.2) is 48.5 Å². The predicted octanol–water partition coefficient (Wildman–Crippen LogP) is 5.74. The summed E-state index contributed by atoms with van der Waals surface area (Å²) >= 11 is 12.5. The second-order valence-corrected chi connectivity index (χ2v) is 12.9. The summed E-state index contributed by atoms with van der Waals surface area (Å²) in [6.45, 7) is 5.11. The lowest BCUT2D eigenvalue weighted by Gasteiger charge is -2.51. The molecule has 0 radical (unpaired) electrons. The second-order valence-electron chi connectivity index (χ2n) is 9.58. The van der Waals surface area contributed by atoms with E-state index < -0.39 is 33.3 Å². The molecule has 0 unspecified atom stereocenters. The maximum Gasteiger partial charge on any atom is 0.304 e. The van der Waals surface area contributed by atoms with Gasteiger partial charge in [-0.25, -0.2) is 8.42 Å². The van der Waals surface area contributed by atoms with Gasteiger partial charge in [-0.1, -0.05) is 61.3 Å². The van der Waals surface area contributed by atoms with E-state index >= 15 is 0 Å². The SMILES string of the molecule is CCS(=O)(=O)CC[C@H](C)N1C(=O)[C@@](C)(CC(=O)O)C[C@H](c2cccc(Cl)c2)[C@H]1c1ccc(Cl)cc1. The molecule has 190 valence electrons. The minimum atomic E-state index is -3.24. The van der Waals surface area contributed by atoms with Crippen LogP contribution in [0.1, 0.15) is 63.1 Å². The molecule has 1 fully saturated rings. The Labute approximate surface area is 217 Å². The highest BCUT2D eigenvalue weighted by Gasteiger charge is 2.51. The third-order valence-corrected chi connectivity index (χ3v) is 9.12. The van der Waals surface area contributed by atoms with Crippen LogP contribution in [0.4, 0.5) is 0 Å². The first-order chi connectivity index (χ1) is 16.4. The van der Waals surface area contributed by atoms with Crippen molar-refractivity contribution >= 4 is 44.9 Å². The van der Waals surface area contributed by atoms with E-state index in [1.165, 1.54) is 0 Å². The number of hydrogen-bond donors (Lipinski definition) is 1. The zero-order chi connectivity index (χ0) is 26.0. The third kappa shape index (κ3) is 6.38. The maximum absolute atomic E-state index is 14.0. The molecular formula is C26H31Cl2NO5S. The van der Waals surface area contributed by atoms with Crippen molar-refractivity contribution in [1.29, 1.82) is 0 Å². The first-order valence-electron chi connectivity index (χ1n) is 11.6. The average Bonchev–Trinajstić information content (AvgIpc) is 2.79. The van der Waals surface area contributed by atoms with Crippen LogP contribution in [0.3, 0.4) is 0 Å². The Bertz CT molecular complexity index is 1180. The minimum Gasteiger partial charge on any atom is -0.481 e. The Kier molecular flexibility index (Phi) is 8.56. The topological polar surface area (TPSA) is 91.8 Å². The quantitative estimate of drug-likeness (QED) is 0.438. The molecule has 4 atom stereocenters. The zero-order valence-electron chi connectivity index (χ0n) is 20.1. The van der Waals surface area contributed by atoms with E-state index in [1.807, 2.05) is 37.3 Å². The van der Waals surface area contributed by atoms with Gasteiger partial charge in [-0.05, 0) is 55.2 Å². The molecule has 1 heterocycles. The number of halogens is 2. The van der Waals surface area contributed by atoms with Crippen molar-refractivity contribution in [2.75, 3.05) is 11.5 Å². The molecule has 3 rings (SSSR count). The molecule has 2 aromatic carbocycles. The van der Waals surface area contributed by atoms with E-state index in [9.17, 15) is 23.1 Å². The number of carboxylic acids is 1. The van der Waals surface area contributed by atoms with Crippen LogP contribution in [0.2, 0.25) is 10.0 Å². The molecule has 1 saturated heterocycles. The molecule has 0 saturated carbocycles. The zero-order valence-corrected chi connectivity index (χ0v) is 22.4. The predicted molar refractivity (Wildman–Crippen MR) is 139 cm³/mol. The van der Waals surface area contributed by atoms with Crippen LogP contribution in [0.5, 0.6) is 0 Å². The summed E-state index contributed by atoms with van der Waals surface area (Å²) in [4.78, 5) is 27.5. The van der Waals surface area contributed by atoms with Gasteiger partial charge in [0.15, 0.2) is 0 Å². The molecule has 9 heteroatoms. The highest BCUT2D eigenvalue weighted by molar-refractivity contribution is 7.91. The number of piperidine rings is 1. The Morgan fingerprint density at radius 2 is 1.80 bits per heavy atom. The van der Waals surface area contributed by atoms with Gasteiger partial charge >= 0.3 is 5.97 Å². The summed E-state index contributed by atoms with van der Waals surface area (Å²) in [5.74, 6) is -1.64. The van der Waals surface area contributed by atoms with E-state index in [4.69, 9.17) is 23.2 Å². The number of hydrogen-bond acceptors (Lipinski definition) is 4. The van der Waals surface area contributed by atoms with Gasteiger partial charge in [-0.3, -0.25) is 9.59 Å². The molecule has 0 bridgehead atoms. The summed E-state index contributed by atoms with van der Waals surface area (Å²) in [5.41, 5.74) is 0.565. The molecule has 0 spiro atoms. The standard InChI is InChI=1S/C26H31Cl2NO5S/c1-4-35(33,34)13-12-17(2)29-24(18-8-10-20(27)11-9-18)22(19-6-5-7-21(28)14-19)15-26(3,25(29)32)16-23(30)31/h5-11,14,17,22,24H,4,12-13,15-16H2,1-3H3,(H,30,31)/t17-,22+,24+,26+/m0/s1. The molecule has 1 amide bonds. The number of sulfone groups is 1. The minimum absolute atomic E-state index is 0.0240. The van der Waals surface area contributed by atoms with Gasteiger partial charge in [-0.15, -0.1) is 0 Å². The lowest BCUT2D eigenvalue weighted by Crippen LogP contribution is -2.55. The summed E-state index contributed by atoms with van der Waals surface area (Å²) < 4.78 is 24.5. The largest absolute Gasteiger partial charge is 0.481 e. The summed E-state index contributed by atoms with van der Waals surface area (Å²) in [6, 6.07) is 13.7. The molecule has 2 aromatic rings. The Morgan fingerprint density at radius 3 is 2.37 bits per heavy atom. The van der Waals surface area contributed by atoms with Crippen LogP contribution in [0, 0.1) is 5.41 Å². The van der Waals surface area contributed by atoms with Crippen LogP contribution in [0.25, 0.3) is 0 Å². The summed E-state index contributed by atoms with van der Waals surface area (Å²) in [6.07, 6.45) is 0.229. The van der Waals surface area contributed by atoms with Crippen molar-refractivity contribution in [3.8, 4) is 0 Å². The van der Waals surface area contributed by atoms with Gasteiger partial charge in [0, 0.05) is 27.8 Å². The van der Waals surface area contributed by atoms with Crippen LogP contribution < -0.4 is 0 Å². The lowest BCUT2D eigenvalue weighted by molar-refractivity contribution is -0.160. The number of carbonyl (C=O) groups excluding carboxylic acids is 1. The molecule has 0 aromatic heterocycles. The first-order valence-corrected chi connectivity index (χ1v) is 14.2. The lowest BCUT2D eigenvalue weighted by atomic mass is 9.67. The molecule has 6 nitrogen and oxygen atoms in total. The average molecular weight is 541 g/mol. The molecule has 0 aliphatic carbocycles. The number of amides is 1. The van der Waals surface area contributed by atoms with Crippen molar-refractivity contribution in [1.82, 2.24) is 4.90 Å². The number of carbonyl (C=O) groups is 2. The van der Waals surface area contributed by atoms with Gasteiger partial charge in [-0.2, -0.15) is 0 Å². The third-order valence-electron chi connectivity index (χ3n) is 6.89. The van der Waals surface area contributed by atoms with Gasteiger partial charge in [0.1, 0.15) is 9.84 Å². The van der Waals surface area contributed by atoms with E-state index in [2.05, 4.69) is 0 Å². The number of benzene rings is 2. The van der Waals surface area contributed by atoms with Crippen molar-refractivity contribution in [2.24, 2.45) is 5.41 Å². The van der Waals surface area contributed by atoms with Gasteiger partial charge in [0.2, 0.25) is 5.91 Å². The van der Waals surface area contributed by atoms with Gasteiger partial charge in [0.05, 0.1) is 23.6 Å². The van der Waals surface area contributed by atoms with E-state index in [1.54, 1.807) is 36.9 Å². The highest BCUT2D eigenvalue weighted by Crippen LogP contribution is 2.52. The number of rotatable bonds is 9. The Morgan fingerprint density at radius 1 is 1.14 bits per heavy atom. The number of carboxylic acid groups (broad SMARTS) is 1. The van der Waals surface area contributed by atoms with E-state index in [-0.39, 0.29) is 36.2 Å². The molecule has 1 N–H and O–H groups in total.